The summed E-state index contributed by atoms with van der Waals surface area (Å²) in [6, 6.07) is 11.2. The fraction of sp³-hybridized carbons (Fsp3) is 0.278. The molecule has 0 saturated carbocycles. The number of benzene rings is 1. The third-order valence-electron chi connectivity index (χ3n) is 4.60. The molecule has 26 heavy (non-hydrogen) atoms. The molecule has 1 aliphatic rings. The fourth-order valence-corrected chi connectivity index (χ4v) is 3.45. The van der Waals surface area contributed by atoms with Gasteiger partial charge in [-0.15, -0.1) is 0 Å². The Kier molecular flexibility index (Phi) is 4.26. The molecular formula is C18H18ClN5O2. The Morgan fingerprint density at radius 2 is 2.04 bits per heavy atom. The Labute approximate surface area is 155 Å². The van der Waals surface area contributed by atoms with Crippen LogP contribution in [0.25, 0.3) is 0 Å². The van der Waals surface area contributed by atoms with Gasteiger partial charge in [0.15, 0.2) is 0 Å². The van der Waals surface area contributed by atoms with Gasteiger partial charge in [0, 0.05) is 13.6 Å². The van der Waals surface area contributed by atoms with Gasteiger partial charge in [0.05, 0.1) is 35.7 Å². The van der Waals surface area contributed by atoms with Gasteiger partial charge in [-0.3, -0.25) is 14.2 Å². The first-order valence-corrected chi connectivity index (χ1v) is 8.69. The SMILES string of the molecule is Cn1ncc(Cl)c1C(=O)N1CCn2nc([C@H](O)c3ccccc3)cc2C1. The molecule has 8 heteroatoms. The van der Waals surface area contributed by atoms with Crippen LogP contribution < -0.4 is 0 Å². The minimum atomic E-state index is -0.787. The van der Waals surface area contributed by atoms with Crippen LogP contribution in [0.15, 0.2) is 42.6 Å². The minimum absolute atomic E-state index is 0.160. The molecule has 4 rings (SSSR count). The molecule has 1 atom stereocenters. The van der Waals surface area contributed by atoms with Crippen molar-refractivity contribution in [1.29, 1.82) is 0 Å². The van der Waals surface area contributed by atoms with Gasteiger partial charge in [0.1, 0.15) is 11.8 Å². The van der Waals surface area contributed by atoms with Crippen molar-refractivity contribution in [3.8, 4) is 0 Å². The summed E-state index contributed by atoms with van der Waals surface area (Å²) in [6.45, 7) is 1.50. The number of fused-ring (bicyclic) bond motifs is 1. The lowest BCUT2D eigenvalue weighted by Crippen LogP contribution is -2.39. The number of aliphatic hydroxyl groups is 1. The highest BCUT2D eigenvalue weighted by atomic mass is 35.5. The maximum absolute atomic E-state index is 12.8. The first kappa shape index (κ1) is 16.8. The number of aliphatic hydroxyl groups excluding tert-OH is 1. The summed E-state index contributed by atoms with van der Waals surface area (Å²) in [5.41, 5.74) is 2.63. The lowest BCUT2D eigenvalue weighted by atomic mass is 10.1. The lowest BCUT2D eigenvalue weighted by Gasteiger charge is -2.27. The van der Waals surface area contributed by atoms with Crippen molar-refractivity contribution in [3.05, 3.63) is 70.3 Å². The molecule has 0 saturated heterocycles. The summed E-state index contributed by atoms with van der Waals surface area (Å²) in [7, 11) is 1.70. The van der Waals surface area contributed by atoms with Gasteiger partial charge in [-0.2, -0.15) is 10.2 Å². The third kappa shape index (κ3) is 2.89. The quantitative estimate of drug-likeness (QED) is 0.764. The van der Waals surface area contributed by atoms with Crippen molar-refractivity contribution in [2.24, 2.45) is 7.05 Å². The molecule has 0 spiro atoms. The number of rotatable bonds is 3. The van der Waals surface area contributed by atoms with Crippen LogP contribution in [-0.4, -0.2) is 42.0 Å². The predicted octanol–water partition coefficient (Wildman–Crippen LogP) is 2.01. The Hall–Kier alpha value is -2.64. The molecule has 134 valence electrons. The Morgan fingerprint density at radius 1 is 1.27 bits per heavy atom. The fourth-order valence-electron chi connectivity index (χ4n) is 3.20. The van der Waals surface area contributed by atoms with E-state index in [1.165, 1.54) is 10.9 Å². The molecule has 3 aromatic rings. The summed E-state index contributed by atoms with van der Waals surface area (Å²) in [4.78, 5) is 14.5. The second-order valence-electron chi connectivity index (χ2n) is 6.29. The second-order valence-corrected chi connectivity index (χ2v) is 6.70. The normalized spacial score (nSPS) is 15.0. The van der Waals surface area contributed by atoms with Crippen LogP contribution in [0.4, 0.5) is 0 Å². The molecule has 0 bridgehead atoms. The van der Waals surface area contributed by atoms with Crippen molar-refractivity contribution < 1.29 is 9.90 Å². The van der Waals surface area contributed by atoms with Gasteiger partial charge in [0.25, 0.3) is 5.91 Å². The van der Waals surface area contributed by atoms with Crippen molar-refractivity contribution in [2.75, 3.05) is 6.54 Å². The first-order chi connectivity index (χ1) is 12.5. The zero-order valence-corrected chi connectivity index (χ0v) is 15.0. The smallest absolute Gasteiger partial charge is 0.274 e. The van der Waals surface area contributed by atoms with E-state index < -0.39 is 6.10 Å². The van der Waals surface area contributed by atoms with Gasteiger partial charge < -0.3 is 10.0 Å². The van der Waals surface area contributed by atoms with Gasteiger partial charge in [-0.25, -0.2) is 0 Å². The molecule has 0 fully saturated rings. The van der Waals surface area contributed by atoms with Gasteiger partial charge in [0.2, 0.25) is 0 Å². The zero-order chi connectivity index (χ0) is 18.3. The predicted molar refractivity (Wildman–Crippen MR) is 95.7 cm³/mol. The molecule has 2 aromatic heterocycles. The molecule has 7 nitrogen and oxygen atoms in total. The number of amides is 1. The molecule has 1 amide bonds. The second kappa shape index (κ2) is 6.59. The summed E-state index contributed by atoms with van der Waals surface area (Å²) in [6.07, 6.45) is 0.682. The number of carbonyl (C=O) groups is 1. The van der Waals surface area contributed by atoms with Gasteiger partial charge in [-0.05, 0) is 11.6 Å². The van der Waals surface area contributed by atoms with Crippen LogP contribution in [0.2, 0.25) is 5.02 Å². The van der Waals surface area contributed by atoms with Crippen LogP contribution in [0, 0.1) is 0 Å². The summed E-state index contributed by atoms with van der Waals surface area (Å²) >= 11 is 6.09. The van der Waals surface area contributed by atoms with Crippen molar-refractivity contribution in [3.63, 3.8) is 0 Å². The van der Waals surface area contributed by atoms with Crippen molar-refractivity contribution >= 4 is 17.5 Å². The van der Waals surface area contributed by atoms with E-state index in [9.17, 15) is 9.90 Å². The highest BCUT2D eigenvalue weighted by molar-refractivity contribution is 6.33. The zero-order valence-electron chi connectivity index (χ0n) is 14.2. The summed E-state index contributed by atoms with van der Waals surface area (Å²) in [5, 5.41) is 19.4. The largest absolute Gasteiger partial charge is 0.382 e. The number of carbonyl (C=O) groups excluding carboxylic acids is 1. The maximum atomic E-state index is 12.8. The Balaban J connectivity index is 1.56. The lowest BCUT2D eigenvalue weighted by molar-refractivity contribution is 0.0694. The number of halogens is 1. The van der Waals surface area contributed by atoms with Crippen molar-refractivity contribution in [2.45, 2.75) is 19.2 Å². The average Bonchev–Trinajstić information content (AvgIpc) is 3.23. The Morgan fingerprint density at radius 3 is 2.73 bits per heavy atom. The monoisotopic (exact) mass is 371 g/mol. The third-order valence-corrected chi connectivity index (χ3v) is 4.87. The van der Waals surface area contributed by atoms with E-state index in [4.69, 9.17) is 11.6 Å². The van der Waals surface area contributed by atoms with E-state index >= 15 is 0 Å². The van der Waals surface area contributed by atoms with Crippen LogP contribution in [0.3, 0.4) is 0 Å². The van der Waals surface area contributed by atoms with Crippen LogP contribution in [0.5, 0.6) is 0 Å². The van der Waals surface area contributed by atoms with E-state index in [0.29, 0.717) is 36.0 Å². The maximum Gasteiger partial charge on any atom is 0.274 e. The Bertz CT molecular complexity index is 930. The molecule has 1 aliphatic heterocycles. The number of aryl methyl sites for hydroxylation is 1. The average molecular weight is 372 g/mol. The molecule has 1 N–H and O–H groups in total. The van der Waals surface area contributed by atoms with Crippen LogP contribution >= 0.6 is 11.6 Å². The standard InChI is InChI=1S/C18H18ClN5O2/c1-22-16(14(19)10-20-22)18(26)23-7-8-24-13(11-23)9-15(21-24)17(25)12-5-3-2-4-6-12/h2-6,9-10,17,25H,7-8,11H2,1H3/t17-/m1/s1. The summed E-state index contributed by atoms with van der Waals surface area (Å²) in [5.74, 6) is -0.160. The van der Waals surface area contributed by atoms with E-state index in [1.54, 1.807) is 11.9 Å². The van der Waals surface area contributed by atoms with Crippen LogP contribution in [0.1, 0.15) is 33.5 Å². The van der Waals surface area contributed by atoms with E-state index in [2.05, 4.69) is 10.2 Å². The molecule has 0 unspecified atom stereocenters. The highest BCUT2D eigenvalue weighted by Gasteiger charge is 2.28. The molecule has 0 aliphatic carbocycles. The topological polar surface area (TPSA) is 76.2 Å². The van der Waals surface area contributed by atoms with E-state index in [-0.39, 0.29) is 5.91 Å². The highest BCUT2D eigenvalue weighted by Crippen LogP contribution is 2.25. The van der Waals surface area contributed by atoms with Crippen LogP contribution in [-0.2, 0) is 20.1 Å². The molecular weight excluding hydrogens is 354 g/mol. The number of aromatic nitrogens is 4. The van der Waals surface area contributed by atoms with Crippen molar-refractivity contribution in [1.82, 2.24) is 24.5 Å². The molecule has 0 radical (unpaired) electrons. The molecule has 3 heterocycles. The number of hydrogen-bond acceptors (Lipinski definition) is 4. The first-order valence-electron chi connectivity index (χ1n) is 8.31. The van der Waals surface area contributed by atoms with E-state index in [1.807, 2.05) is 41.1 Å². The minimum Gasteiger partial charge on any atom is -0.382 e. The van der Waals surface area contributed by atoms with Gasteiger partial charge >= 0.3 is 0 Å². The van der Waals surface area contributed by atoms with Gasteiger partial charge in [-0.1, -0.05) is 41.9 Å². The summed E-state index contributed by atoms with van der Waals surface area (Å²) < 4.78 is 3.33. The number of nitrogens with zero attached hydrogens (tertiary/aromatic N) is 5. The molecule has 1 aromatic carbocycles. The van der Waals surface area contributed by atoms with E-state index in [0.717, 1.165) is 11.3 Å². The number of hydrogen-bond donors (Lipinski definition) is 1.